The van der Waals surface area contributed by atoms with E-state index >= 15 is 0 Å². The molecule has 0 bridgehead atoms. The first-order valence-corrected chi connectivity index (χ1v) is 6.45. The number of carbonyl (C=O) groups is 1. The lowest BCUT2D eigenvalue weighted by molar-refractivity contribution is 0.0696. The van der Waals surface area contributed by atoms with Gasteiger partial charge in [-0.2, -0.15) is 0 Å². The van der Waals surface area contributed by atoms with Crippen LogP contribution in [0.3, 0.4) is 0 Å². The van der Waals surface area contributed by atoms with E-state index in [9.17, 15) is 13.6 Å². The quantitative estimate of drug-likeness (QED) is 0.861. The third-order valence-corrected chi connectivity index (χ3v) is 3.53. The van der Waals surface area contributed by atoms with E-state index in [2.05, 4.69) is 0 Å². The van der Waals surface area contributed by atoms with Gasteiger partial charge in [0, 0.05) is 16.2 Å². The van der Waals surface area contributed by atoms with Crippen LogP contribution >= 0.6 is 11.8 Å². The molecule has 2 aromatic carbocycles. The Labute approximate surface area is 113 Å². The van der Waals surface area contributed by atoms with Crippen LogP contribution in [-0.4, -0.2) is 11.1 Å². The fourth-order valence-electron chi connectivity index (χ4n) is 1.53. The van der Waals surface area contributed by atoms with Crippen LogP contribution in [0.25, 0.3) is 0 Å². The van der Waals surface area contributed by atoms with Crippen molar-refractivity contribution in [3.63, 3.8) is 0 Å². The van der Waals surface area contributed by atoms with Crippen LogP contribution < -0.4 is 0 Å². The Morgan fingerprint density at radius 2 is 1.95 bits per heavy atom. The van der Waals surface area contributed by atoms with Crippen LogP contribution in [0.5, 0.6) is 0 Å². The van der Waals surface area contributed by atoms with Crippen molar-refractivity contribution in [3.8, 4) is 0 Å². The summed E-state index contributed by atoms with van der Waals surface area (Å²) in [5.74, 6) is -1.73. The maximum atomic E-state index is 13.4. The number of halogens is 2. The van der Waals surface area contributed by atoms with Gasteiger partial charge in [-0.3, -0.25) is 0 Å². The molecule has 0 aliphatic rings. The Bertz CT molecular complexity index is 614. The van der Waals surface area contributed by atoms with Crippen molar-refractivity contribution in [1.29, 1.82) is 0 Å². The molecule has 2 nitrogen and oxygen atoms in total. The molecule has 98 valence electrons. The molecule has 1 N–H and O–H groups in total. The first kappa shape index (κ1) is 13.5. The summed E-state index contributed by atoms with van der Waals surface area (Å²) in [7, 11) is 0. The summed E-state index contributed by atoms with van der Waals surface area (Å²) in [6, 6.07) is 9.62. The monoisotopic (exact) mass is 280 g/mol. The molecule has 19 heavy (non-hydrogen) atoms. The van der Waals surface area contributed by atoms with Crippen molar-refractivity contribution >= 4 is 17.7 Å². The van der Waals surface area contributed by atoms with Crippen molar-refractivity contribution in [1.82, 2.24) is 0 Å². The second kappa shape index (κ2) is 5.84. The number of hydrogen-bond acceptors (Lipinski definition) is 2. The molecular weight excluding hydrogens is 270 g/mol. The average molecular weight is 280 g/mol. The van der Waals surface area contributed by atoms with Crippen molar-refractivity contribution in [2.45, 2.75) is 10.6 Å². The molecule has 2 rings (SSSR count). The zero-order valence-electron chi connectivity index (χ0n) is 9.77. The van der Waals surface area contributed by atoms with Crippen molar-refractivity contribution < 1.29 is 18.7 Å². The van der Waals surface area contributed by atoms with Crippen LogP contribution in [0, 0.1) is 11.6 Å². The molecule has 0 saturated heterocycles. The van der Waals surface area contributed by atoms with E-state index in [-0.39, 0.29) is 16.9 Å². The van der Waals surface area contributed by atoms with E-state index in [1.54, 1.807) is 12.1 Å². The Morgan fingerprint density at radius 3 is 2.68 bits per heavy atom. The minimum absolute atomic E-state index is 0.171. The van der Waals surface area contributed by atoms with E-state index in [1.165, 1.54) is 23.9 Å². The summed E-state index contributed by atoms with van der Waals surface area (Å²) in [4.78, 5) is 11.5. The first-order chi connectivity index (χ1) is 9.06. The summed E-state index contributed by atoms with van der Waals surface area (Å²) in [5.41, 5.74) is 0.426. The number of carboxylic acids is 1. The number of rotatable bonds is 4. The lowest BCUT2D eigenvalue weighted by atomic mass is 10.2. The van der Waals surface area contributed by atoms with E-state index in [4.69, 9.17) is 5.11 Å². The molecule has 0 fully saturated rings. The molecule has 0 atom stereocenters. The Morgan fingerprint density at radius 1 is 1.16 bits per heavy atom. The smallest absolute Gasteiger partial charge is 0.335 e. The Hall–Kier alpha value is -1.88. The Balaban J connectivity index is 2.12. The third kappa shape index (κ3) is 3.54. The van der Waals surface area contributed by atoms with Gasteiger partial charge in [-0.05, 0) is 36.4 Å². The van der Waals surface area contributed by atoms with Crippen LogP contribution in [0.1, 0.15) is 15.9 Å². The predicted octanol–water partition coefficient (Wildman–Crippen LogP) is 3.96. The highest BCUT2D eigenvalue weighted by molar-refractivity contribution is 7.98. The number of hydrogen-bond donors (Lipinski definition) is 1. The zero-order valence-corrected chi connectivity index (χ0v) is 10.6. The highest BCUT2D eigenvalue weighted by Gasteiger charge is 2.07. The van der Waals surface area contributed by atoms with Gasteiger partial charge >= 0.3 is 5.97 Å². The summed E-state index contributed by atoms with van der Waals surface area (Å²) in [6.07, 6.45) is 0. The third-order valence-electron chi connectivity index (χ3n) is 2.48. The summed E-state index contributed by atoms with van der Waals surface area (Å²) in [5, 5.41) is 8.86. The molecule has 0 aliphatic carbocycles. The van der Waals surface area contributed by atoms with Crippen molar-refractivity contribution in [2.75, 3.05) is 0 Å². The topological polar surface area (TPSA) is 37.3 Å². The largest absolute Gasteiger partial charge is 0.478 e. The second-order valence-electron chi connectivity index (χ2n) is 3.86. The van der Waals surface area contributed by atoms with Crippen molar-refractivity contribution in [3.05, 3.63) is 65.2 Å². The van der Waals surface area contributed by atoms with Crippen LogP contribution in [0.2, 0.25) is 0 Å². The van der Waals surface area contributed by atoms with Gasteiger partial charge in [-0.1, -0.05) is 6.07 Å². The first-order valence-electron chi connectivity index (χ1n) is 5.46. The number of benzene rings is 2. The normalized spacial score (nSPS) is 10.4. The molecule has 0 aliphatic heterocycles. The second-order valence-corrected chi connectivity index (χ2v) is 4.91. The predicted molar refractivity (Wildman–Crippen MR) is 69.3 cm³/mol. The summed E-state index contributed by atoms with van der Waals surface area (Å²) < 4.78 is 26.4. The maximum absolute atomic E-state index is 13.4. The standard InChI is InChI=1S/C14H10F2O2S/c15-11-4-5-13(16)10(6-11)8-19-12-3-1-2-9(7-12)14(17)18/h1-7H,8H2,(H,17,18). The van der Waals surface area contributed by atoms with Gasteiger partial charge < -0.3 is 5.11 Å². The van der Waals surface area contributed by atoms with Crippen molar-refractivity contribution in [2.24, 2.45) is 0 Å². The number of thioether (sulfide) groups is 1. The lowest BCUT2D eigenvalue weighted by Crippen LogP contribution is -1.95. The van der Waals surface area contributed by atoms with Gasteiger partial charge in [0.15, 0.2) is 0 Å². The molecule has 0 amide bonds. The summed E-state index contributed by atoms with van der Waals surface area (Å²) in [6.45, 7) is 0. The van der Waals surface area contributed by atoms with Gasteiger partial charge in [0.05, 0.1) is 5.56 Å². The van der Waals surface area contributed by atoms with E-state index in [0.717, 1.165) is 18.2 Å². The molecule has 0 radical (unpaired) electrons. The number of aromatic carboxylic acids is 1. The van der Waals surface area contributed by atoms with Crippen LogP contribution in [0.15, 0.2) is 47.4 Å². The van der Waals surface area contributed by atoms with Gasteiger partial charge in [-0.25, -0.2) is 13.6 Å². The molecule has 0 spiro atoms. The molecule has 0 heterocycles. The minimum atomic E-state index is -1.01. The van der Waals surface area contributed by atoms with Gasteiger partial charge in [0.1, 0.15) is 11.6 Å². The van der Waals surface area contributed by atoms with Gasteiger partial charge in [0.25, 0.3) is 0 Å². The van der Waals surface area contributed by atoms with Crippen LogP contribution in [-0.2, 0) is 5.75 Å². The van der Waals surface area contributed by atoms with Gasteiger partial charge in [-0.15, -0.1) is 11.8 Å². The molecule has 0 saturated carbocycles. The Kier molecular flexibility index (Phi) is 4.16. The maximum Gasteiger partial charge on any atom is 0.335 e. The highest BCUT2D eigenvalue weighted by atomic mass is 32.2. The van der Waals surface area contributed by atoms with E-state index < -0.39 is 17.6 Å². The number of carboxylic acid groups (broad SMARTS) is 1. The van der Waals surface area contributed by atoms with E-state index in [0.29, 0.717) is 4.90 Å². The molecule has 5 heteroatoms. The fraction of sp³-hybridized carbons (Fsp3) is 0.0714. The van der Waals surface area contributed by atoms with E-state index in [1.807, 2.05) is 0 Å². The molecule has 0 aromatic heterocycles. The van der Waals surface area contributed by atoms with Gasteiger partial charge in [0.2, 0.25) is 0 Å². The fourth-order valence-corrected chi connectivity index (χ4v) is 2.46. The minimum Gasteiger partial charge on any atom is -0.478 e. The average Bonchev–Trinajstić information content (AvgIpc) is 2.40. The summed E-state index contributed by atoms with van der Waals surface area (Å²) >= 11 is 1.26. The zero-order chi connectivity index (χ0) is 13.8. The molecule has 2 aromatic rings. The van der Waals surface area contributed by atoms with Crippen LogP contribution in [0.4, 0.5) is 8.78 Å². The molecule has 0 unspecified atom stereocenters. The lowest BCUT2D eigenvalue weighted by Gasteiger charge is -2.04. The molecular formula is C14H10F2O2S. The highest BCUT2D eigenvalue weighted by Crippen LogP contribution is 2.25. The SMILES string of the molecule is O=C(O)c1cccc(SCc2cc(F)ccc2F)c1.